The Balaban J connectivity index is 2.08. The maximum absolute atomic E-state index is 13.2. The number of hydrogen-bond donors (Lipinski definition) is 1. The van der Waals surface area contributed by atoms with E-state index in [1.165, 1.54) is 11.1 Å². The van der Waals surface area contributed by atoms with Crippen LogP contribution in [0.5, 0.6) is 0 Å². The summed E-state index contributed by atoms with van der Waals surface area (Å²) in [4.78, 5) is 27.7. The second-order valence-electron chi connectivity index (χ2n) is 7.71. The molecule has 2 aromatic carbocycles. The number of benzene rings is 2. The maximum Gasteiger partial charge on any atom is 0.242 e. The first kappa shape index (κ1) is 23.7. The lowest BCUT2D eigenvalue weighted by Crippen LogP contribution is -2.50. The predicted molar refractivity (Wildman–Crippen MR) is 123 cm³/mol. The van der Waals surface area contributed by atoms with E-state index in [0.29, 0.717) is 32.4 Å². The monoisotopic (exact) mass is 408 g/mol. The van der Waals surface area contributed by atoms with Crippen molar-refractivity contribution < 1.29 is 9.59 Å². The molecule has 0 saturated heterocycles. The van der Waals surface area contributed by atoms with Crippen molar-refractivity contribution in [2.45, 2.75) is 65.3 Å². The van der Waals surface area contributed by atoms with Gasteiger partial charge in [0.1, 0.15) is 6.04 Å². The molecular weight excluding hydrogens is 372 g/mol. The molecule has 0 aromatic heterocycles. The van der Waals surface area contributed by atoms with Gasteiger partial charge in [-0.1, -0.05) is 75.4 Å². The molecule has 2 rings (SSSR count). The number of amides is 2. The van der Waals surface area contributed by atoms with Crippen LogP contribution in [-0.2, 0) is 28.9 Å². The van der Waals surface area contributed by atoms with Crippen LogP contribution in [0.15, 0.2) is 54.6 Å². The lowest BCUT2D eigenvalue weighted by Gasteiger charge is -2.30. The van der Waals surface area contributed by atoms with Gasteiger partial charge in [-0.2, -0.15) is 0 Å². The van der Waals surface area contributed by atoms with Crippen molar-refractivity contribution in [3.8, 4) is 0 Å². The molecule has 2 aromatic rings. The van der Waals surface area contributed by atoms with Gasteiger partial charge in [0.25, 0.3) is 0 Å². The Morgan fingerprint density at radius 1 is 0.867 bits per heavy atom. The average molecular weight is 409 g/mol. The molecule has 0 aliphatic heterocycles. The van der Waals surface area contributed by atoms with Crippen LogP contribution in [0.25, 0.3) is 0 Å². The smallest absolute Gasteiger partial charge is 0.242 e. The van der Waals surface area contributed by atoms with Gasteiger partial charge in [0.15, 0.2) is 0 Å². The SMILES string of the molecule is CCCNC(=O)[C@@H](CC)N(CCc1ccccc1)C(=O)CCc1ccc(CC)cc1. The largest absolute Gasteiger partial charge is 0.354 e. The fourth-order valence-corrected chi connectivity index (χ4v) is 3.60. The van der Waals surface area contributed by atoms with E-state index < -0.39 is 6.04 Å². The Hall–Kier alpha value is -2.62. The van der Waals surface area contributed by atoms with Crippen LogP contribution < -0.4 is 5.32 Å². The summed E-state index contributed by atoms with van der Waals surface area (Å²) in [6.45, 7) is 7.33. The third kappa shape index (κ3) is 7.33. The van der Waals surface area contributed by atoms with Gasteiger partial charge in [-0.3, -0.25) is 9.59 Å². The number of carbonyl (C=O) groups excluding carboxylic acids is 2. The fraction of sp³-hybridized carbons (Fsp3) is 0.462. The van der Waals surface area contributed by atoms with E-state index in [0.717, 1.165) is 24.8 Å². The first-order valence-electron chi connectivity index (χ1n) is 11.3. The molecule has 0 unspecified atom stereocenters. The highest BCUT2D eigenvalue weighted by molar-refractivity contribution is 5.87. The third-order valence-corrected chi connectivity index (χ3v) is 5.48. The molecule has 0 aliphatic rings. The van der Waals surface area contributed by atoms with Crippen LogP contribution in [0, 0.1) is 0 Å². The molecule has 0 bridgehead atoms. The lowest BCUT2D eigenvalue weighted by atomic mass is 10.0. The van der Waals surface area contributed by atoms with Crippen molar-refractivity contribution in [3.63, 3.8) is 0 Å². The Morgan fingerprint density at radius 3 is 2.10 bits per heavy atom. The van der Waals surface area contributed by atoms with Crippen LogP contribution in [0.3, 0.4) is 0 Å². The average Bonchev–Trinajstić information content (AvgIpc) is 2.79. The summed E-state index contributed by atoms with van der Waals surface area (Å²) in [5.41, 5.74) is 3.63. The minimum absolute atomic E-state index is 0.0454. The van der Waals surface area contributed by atoms with E-state index in [2.05, 4.69) is 48.6 Å². The van der Waals surface area contributed by atoms with E-state index in [1.807, 2.05) is 32.0 Å². The van der Waals surface area contributed by atoms with Crippen molar-refractivity contribution in [1.29, 1.82) is 0 Å². The fourth-order valence-electron chi connectivity index (χ4n) is 3.60. The number of nitrogens with zero attached hydrogens (tertiary/aromatic N) is 1. The predicted octanol–water partition coefficient (Wildman–Crippen LogP) is 4.56. The van der Waals surface area contributed by atoms with Gasteiger partial charge in [0.2, 0.25) is 11.8 Å². The van der Waals surface area contributed by atoms with E-state index >= 15 is 0 Å². The number of carbonyl (C=O) groups is 2. The number of nitrogens with one attached hydrogen (secondary N) is 1. The van der Waals surface area contributed by atoms with Crippen molar-refractivity contribution in [1.82, 2.24) is 10.2 Å². The minimum Gasteiger partial charge on any atom is -0.354 e. The Bertz CT molecular complexity index is 771. The second-order valence-corrected chi connectivity index (χ2v) is 7.71. The van der Waals surface area contributed by atoms with Crippen molar-refractivity contribution in [2.75, 3.05) is 13.1 Å². The standard InChI is InChI=1S/C26H36N2O2/c1-4-19-27-26(30)24(6-3)28(20-18-22-10-8-7-9-11-22)25(29)17-16-23-14-12-21(5-2)13-15-23/h7-15,24H,4-6,16-20H2,1-3H3,(H,27,30)/t24-/m1/s1. The van der Waals surface area contributed by atoms with Gasteiger partial charge < -0.3 is 10.2 Å². The molecule has 1 N–H and O–H groups in total. The van der Waals surface area contributed by atoms with Crippen molar-refractivity contribution in [3.05, 3.63) is 71.3 Å². The highest BCUT2D eigenvalue weighted by atomic mass is 16.2. The molecule has 0 radical (unpaired) electrons. The second kappa shape index (κ2) is 12.8. The molecule has 0 heterocycles. The number of aryl methyl sites for hydroxylation is 2. The normalized spacial score (nSPS) is 11.7. The van der Waals surface area contributed by atoms with Gasteiger partial charge in [0.05, 0.1) is 0 Å². The molecule has 30 heavy (non-hydrogen) atoms. The van der Waals surface area contributed by atoms with Crippen LogP contribution in [-0.4, -0.2) is 35.8 Å². The molecule has 0 fully saturated rings. The van der Waals surface area contributed by atoms with Gasteiger partial charge in [-0.15, -0.1) is 0 Å². The van der Waals surface area contributed by atoms with Crippen LogP contribution in [0.4, 0.5) is 0 Å². The van der Waals surface area contributed by atoms with Gasteiger partial charge in [-0.05, 0) is 48.8 Å². The molecule has 1 atom stereocenters. The summed E-state index contributed by atoms with van der Waals surface area (Å²) in [7, 11) is 0. The Morgan fingerprint density at radius 2 is 1.50 bits per heavy atom. The van der Waals surface area contributed by atoms with Crippen molar-refractivity contribution in [2.24, 2.45) is 0 Å². The molecular formula is C26H36N2O2. The summed E-state index contributed by atoms with van der Waals surface area (Å²) in [5.74, 6) is -0.00272. The third-order valence-electron chi connectivity index (χ3n) is 5.48. The highest BCUT2D eigenvalue weighted by Crippen LogP contribution is 2.13. The highest BCUT2D eigenvalue weighted by Gasteiger charge is 2.27. The quantitative estimate of drug-likeness (QED) is 0.560. The summed E-state index contributed by atoms with van der Waals surface area (Å²) in [6, 6.07) is 18.2. The summed E-state index contributed by atoms with van der Waals surface area (Å²) < 4.78 is 0. The first-order chi connectivity index (χ1) is 14.6. The van der Waals surface area contributed by atoms with E-state index in [1.54, 1.807) is 4.90 Å². The Kier molecular flexibility index (Phi) is 10.1. The van der Waals surface area contributed by atoms with E-state index in [-0.39, 0.29) is 11.8 Å². The molecule has 0 spiro atoms. The van der Waals surface area contributed by atoms with Crippen molar-refractivity contribution >= 4 is 11.8 Å². The lowest BCUT2D eigenvalue weighted by molar-refractivity contribution is -0.140. The maximum atomic E-state index is 13.2. The zero-order valence-electron chi connectivity index (χ0n) is 18.7. The molecule has 4 nitrogen and oxygen atoms in total. The van der Waals surface area contributed by atoms with Gasteiger partial charge in [-0.25, -0.2) is 0 Å². The van der Waals surface area contributed by atoms with Gasteiger partial charge >= 0.3 is 0 Å². The molecule has 162 valence electrons. The summed E-state index contributed by atoms with van der Waals surface area (Å²) in [6.07, 6.45) is 4.36. The van der Waals surface area contributed by atoms with Crippen LogP contribution in [0.1, 0.15) is 56.7 Å². The molecule has 0 saturated carbocycles. The number of rotatable bonds is 12. The topological polar surface area (TPSA) is 49.4 Å². The summed E-state index contributed by atoms with van der Waals surface area (Å²) in [5, 5.41) is 2.97. The zero-order chi connectivity index (χ0) is 21.8. The summed E-state index contributed by atoms with van der Waals surface area (Å²) >= 11 is 0. The van der Waals surface area contributed by atoms with Crippen LogP contribution >= 0.6 is 0 Å². The van der Waals surface area contributed by atoms with Gasteiger partial charge in [0, 0.05) is 19.5 Å². The molecule has 0 aliphatic carbocycles. The molecule has 2 amide bonds. The molecule has 4 heteroatoms. The number of hydrogen-bond acceptors (Lipinski definition) is 2. The zero-order valence-corrected chi connectivity index (χ0v) is 18.7. The Labute approximate surface area is 181 Å². The van der Waals surface area contributed by atoms with E-state index in [9.17, 15) is 9.59 Å². The first-order valence-corrected chi connectivity index (χ1v) is 11.3. The van der Waals surface area contributed by atoms with E-state index in [4.69, 9.17) is 0 Å². The van der Waals surface area contributed by atoms with Crippen LogP contribution in [0.2, 0.25) is 0 Å². The minimum atomic E-state index is -0.421.